The molecule has 4 rings (SSSR count). The molecule has 0 aromatic heterocycles. The summed E-state index contributed by atoms with van der Waals surface area (Å²) in [6.45, 7) is 6.72. The second-order valence-electron chi connectivity index (χ2n) is 20.8. The number of carbonyl (C=O) groups excluding carboxylic acids is 8. The first-order chi connectivity index (χ1) is 35.7. The van der Waals surface area contributed by atoms with Crippen molar-refractivity contribution in [2.24, 2.45) is 17.6 Å². The maximum absolute atomic E-state index is 14.4. The van der Waals surface area contributed by atoms with Crippen molar-refractivity contribution in [2.45, 2.75) is 203 Å². The molecule has 0 aliphatic carbocycles. The number of nitrogens with two attached hydrogens (primary N) is 2. The first kappa shape index (κ1) is 62.8. The average molecular weight is 1080 g/mol. The number of hydrogen-bond acceptors (Lipinski definition) is 18. The number of nitrogens with one attached hydrogen (secondary N) is 5. The summed E-state index contributed by atoms with van der Waals surface area (Å²) in [6, 6.07) is -8.91. The molecule has 428 valence electrons. The number of nitrogen functional groups attached to an aromatic ring is 1. The highest BCUT2D eigenvalue weighted by atomic mass is 16.3. The fourth-order valence-electron chi connectivity index (χ4n) is 9.88. The number of benzene rings is 1. The van der Waals surface area contributed by atoms with Gasteiger partial charge in [0.15, 0.2) is 6.23 Å². The van der Waals surface area contributed by atoms with E-state index in [0.717, 1.165) is 68.5 Å². The minimum Gasteiger partial charge on any atom is -0.506 e. The molecule has 3 aliphatic heterocycles. The number of amides is 8. The van der Waals surface area contributed by atoms with E-state index in [-0.39, 0.29) is 24.1 Å². The summed E-state index contributed by atoms with van der Waals surface area (Å²) >= 11 is 0. The number of anilines is 1. The van der Waals surface area contributed by atoms with Gasteiger partial charge >= 0.3 is 0 Å². The van der Waals surface area contributed by atoms with Crippen LogP contribution in [-0.4, -0.2) is 195 Å². The highest BCUT2D eigenvalue weighted by Crippen LogP contribution is 2.29. The molecular weight excluding hydrogens is 999 g/mol. The molecule has 18 N–H and O–H groups in total. The molecular formula is C50H81N9O17. The second kappa shape index (κ2) is 29.1. The van der Waals surface area contributed by atoms with Crippen molar-refractivity contribution < 1.29 is 84.3 Å². The Morgan fingerprint density at radius 2 is 1.37 bits per heavy atom. The number of fused-ring (bicyclic) bond motifs is 2. The lowest BCUT2D eigenvalue weighted by atomic mass is 9.91. The third-order valence-electron chi connectivity index (χ3n) is 14.5. The molecule has 1 aromatic rings. The Bertz CT molecular complexity index is 2170. The number of aliphatic hydroxyl groups excluding tert-OH is 8. The lowest BCUT2D eigenvalue weighted by Crippen LogP contribution is -2.64. The number of rotatable bonds is 20. The van der Waals surface area contributed by atoms with Crippen LogP contribution in [0.5, 0.6) is 5.75 Å². The van der Waals surface area contributed by atoms with Crippen molar-refractivity contribution in [1.82, 2.24) is 36.4 Å². The number of carbonyl (C=O) groups is 8. The summed E-state index contributed by atoms with van der Waals surface area (Å²) in [7, 11) is 0. The molecule has 26 heteroatoms. The molecule has 2 unspecified atom stereocenters. The van der Waals surface area contributed by atoms with Gasteiger partial charge in [-0.3, -0.25) is 38.4 Å². The number of hydrogen-bond donors (Lipinski definition) is 16. The summed E-state index contributed by atoms with van der Waals surface area (Å²) in [6.07, 6.45) is -10.5. The van der Waals surface area contributed by atoms with Crippen LogP contribution in [0.4, 0.5) is 5.69 Å². The molecule has 1 aromatic carbocycles. The van der Waals surface area contributed by atoms with Gasteiger partial charge in [0.2, 0.25) is 47.3 Å². The molecule has 8 amide bonds. The van der Waals surface area contributed by atoms with Gasteiger partial charge in [0.1, 0.15) is 60.3 Å². The fraction of sp³-hybridized carbons (Fsp3) is 0.720. The Morgan fingerprint density at radius 3 is 2.00 bits per heavy atom. The van der Waals surface area contributed by atoms with E-state index >= 15 is 0 Å². The first-order valence-corrected chi connectivity index (χ1v) is 26.2. The zero-order valence-electron chi connectivity index (χ0n) is 43.6. The molecule has 16 atom stereocenters. The molecule has 0 spiro atoms. The van der Waals surface area contributed by atoms with E-state index in [2.05, 4.69) is 42.0 Å². The minimum absolute atomic E-state index is 0.0854. The third-order valence-corrected chi connectivity index (χ3v) is 14.5. The van der Waals surface area contributed by atoms with Crippen LogP contribution in [0.1, 0.15) is 129 Å². The van der Waals surface area contributed by atoms with Gasteiger partial charge in [-0.15, -0.1) is 0 Å². The van der Waals surface area contributed by atoms with E-state index < -0.39 is 171 Å². The van der Waals surface area contributed by atoms with Crippen molar-refractivity contribution >= 4 is 52.9 Å². The predicted octanol–water partition coefficient (Wildman–Crippen LogP) is -3.76. The van der Waals surface area contributed by atoms with E-state index in [9.17, 15) is 84.3 Å². The Morgan fingerprint density at radius 1 is 0.750 bits per heavy atom. The predicted molar refractivity (Wildman–Crippen MR) is 270 cm³/mol. The van der Waals surface area contributed by atoms with E-state index in [4.69, 9.17) is 11.5 Å². The third kappa shape index (κ3) is 17.4. The maximum atomic E-state index is 14.4. The number of nitrogens with zero attached hydrogens (tertiary/aromatic N) is 2. The van der Waals surface area contributed by atoms with Crippen LogP contribution in [0.2, 0.25) is 0 Å². The van der Waals surface area contributed by atoms with E-state index in [1.807, 2.05) is 5.32 Å². The topological polar surface area (TPSA) is 437 Å². The Labute approximate surface area is 441 Å². The molecule has 3 heterocycles. The Balaban J connectivity index is 1.70. The van der Waals surface area contributed by atoms with E-state index in [1.165, 1.54) is 6.42 Å². The molecule has 3 fully saturated rings. The summed E-state index contributed by atoms with van der Waals surface area (Å²) in [5.74, 6) is -8.89. The van der Waals surface area contributed by atoms with Gasteiger partial charge in [0.05, 0.1) is 36.5 Å². The van der Waals surface area contributed by atoms with Crippen LogP contribution in [0.3, 0.4) is 0 Å². The van der Waals surface area contributed by atoms with Gasteiger partial charge in [0.25, 0.3) is 0 Å². The van der Waals surface area contributed by atoms with Crippen molar-refractivity contribution in [3.63, 3.8) is 0 Å². The molecule has 0 saturated carbocycles. The van der Waals surface area contributed by atoms with Gasteiger partial charge < -0.3 is 93.8 Å². The minimum atomic E-state index is -2.42. The largest absolute Gasteiger partial charge is 0.506 e. The monoisotopic (exact) mass is 1080 g/mol. The number of aliphatic hydroxyl groups is 8. The first-order valence-electron chi connectivity index (χ1n) is 26.2. The van der Waals surface area contributed by atoms with Crippen molar-refractivity contribution in [2.75, 3.05) is 18.8 Å². The Hall–Kier alpha value is -5.74. The van der Waals surface area contributed by atoms with Crippen LogP contribution >= 0.6 is 0 Å². The van der Waals surface area contributed by atoms with Crippen LogP contribution in [0.15, 0.2) is 18.2 Å². The number of aromatic hydroxyl groups is 1. The lowest BCUT2D eigenvalue weighted by Gasteiger charge is -2.34. The van der Waals surface area contributed by atoms with E-state index in [1.54, 1.807) is 0 Å². The summed E-state index contributed by atoms with van der Waals surface area (Å²) < 4.78 is 0. The highest BCUT2D eigenvalue weighted by Gasteiger charge is 2.49. The number of phenolic OH excluding ortho intramolecular Hbond substituents is 1. The van der Waals surface area contributed by atoms with Crippen molar-refractivity contribution in [1.29, 1.82) is 0 Å². The zero-order chi connectivity index (χ0) is 56.7. The fourth-order valence-corrected chi connectivity index (χ4v) is 9.88. The molecule has 3 saturated heterocycles. The smallest absolute Gasteiger partial charge is 0.248 e. The van der Waals surface area contributed by atoms with Crippen LogP contribution in [0, 0.1) is 11.8 Å². The van der Waals surface area contributed by atoms with Crippen LogP contribution < -0.4 is 38.1 Å². The quantitative estimate of drug-likeness (QED) is 0.0339. The maximum Gasteiger partial charge on any atom is 0.248 e. The lowest BCUT2D eigenvalue weighted by molar-refractivity contribution is -0.149. The normalized spacial score (nSPS) is 28.8. The van der Waals surface area contributed by atoms with Crippen LogP contribution in [-0.2, 0) is 38.4 Å². The van der Waals surface area contributed by atoms with Gasteiger partial charge in [-0.2, -0.15) is 0 Å². The summed E-state index contributed by atoms with van der Waals surface area (Å²) in [5, 5.41) is 111. The van der Waals surface area contributed by atoms with Gasteiger partial charge in [-0.25, -0.2) is 0 Å². The van der Waals surface area contributed by atoms with Gasteiger partial charge in [0, 0.05) is 32.4 Å². The number of phenols is 1. The van der Waals surface area contributed by atoms with Crippen molar-refractivity contribution in [3.8, 4) is 5.75 Å². The van der Waals surface area contributed by atoms with Gasteiger partial charge in [-0.05, 0) is 55.7 Å². The molecule has 0 bridgehead atoms. The zero-order valence-corrected chi connectivity index (χ0v) is 43.6. The number of unbranched alkanes of at least 4 members (excludes halogenated alkanes) is 5. The Kier molecular flexibility index (Phi) is 24.1. The standard InChI is InChI=1S/C50H81N9O17/c1-5-24(2)18-25(3)12-10-8-6-7-9-11-13-37(67)53-30-21-35(65)46(72)57-48(74)41-33(63)16-17-58(41)50(76)39(34(64)22-36(52)66)55-47(73)40(43(69)42(68)27-14-15-32(62)29(51)19-27)56-45(71)31-20-28(61)23-59(31)49(75)38(26(4)60)54-44(30)70/h14-15,19,24-26,28,30-31,33-35,38-43,46,60-65,68-69,72H,5-13,16-18,20-23,51H2,1-4H3,(H2,52,66)(H,53,67)(H,54,70)(H,55,73)(H,56,71)(H,57,74)/t24?,25?,26-,28-,30-,31+,33+,34+,35-,38+,39+,40+,41+,42-,43-,46-/m1/s1. The SMILES string of the molecule is CCC(C)CC(C)CCCCCCCCC(=O)N[C@@H]1C[C@@H](O)[C@@H](O)NC(=O)[C@@H]2[C@@H](O)CCN2C(=O)[C@H]([C@@H](O)CC(N)=O)NC(=O)[C@H]([C@@H](O)[C@H](O)c2ccc(O)c(N)c2)NC(=O)[C@@H]2C[C@@H](O)CN2C(=O)[C@H]([C@@H](C)O)NC1=O. The molecule has 3 aliphatic rings. The second-order valence-corrected chi connectivity index (χ2v) is 20.8. The van der Waals surface area contributed by atoms with Gasteiger partial charge in [-0.1, -0.05) is 71.8 Å². The molecule has 76 heavy (non-hydrogen) atoms. The molecule has 0 radical (unpaired) electrons. The average Bonchev–Trinajstić information content (AvgIpc) is 3.95. The summed E-state index contributed by atoms with van der Waals surface area (Å²) in [4.78, 5) is 112. The van der Waals surface area contributed by atoms with E-state index in [0.29, 0.717) is 29.6 Å². The summed E-state index contributed by atoms with van der Waals surface area (Å²) in [5.41, 5.74) is 10.6. The number of primary amides is 1. The molecule has 26 nitrogen and oxygen atoms in total. The van der Waals surface area contributed by atoms with Crippen LogP contribution in [0.25, 0.3) is 0 Å². The van der Waals surface area contributed by atoms with Crippen molar-refractivity contribution in [3.05, 3.63) is 23.8 Å². The highest BCUT2D eigenvalue weighted by molar-refractivity contribution is 5.98.